The van der Waals surface area contributed by atoms with Crippen LogP contribution in [0.25, 0.3) is 0 Å². The van der Waals surface area contributed by atoms with E-state index in [0.717, 1.165) is 31.7 Å². The molecule has 1 aromatic rings. The van der Waals surface area contributed by atoms with Gasteiger partial charge in [-0.3, -0.25) is 30.2 Å². The third-order valence-electron chi connectivity index (χ3n) is 9.48. The molecule has 2 saturated carbocycles. The van der Waals surface area contributed by atoms with E-state index in [-0.39, 0.29) is 42.5 Å². The molecule has 0 aromatic carbocycles. The Labute approximate surface area is 229 Å². The molecule has 15 heteroatoms. The number of nitrogens with zero attached hydrogens (tertiary/aromatic N) is 1. The van der Waals surface area contributed by atoms with Crippen molar-refractivity contribution in [2.24, 2.45) is 17.8 Å². The van der Waals surface area contributed by atoms with Crippen molar-refractivity contribution >= 4 is 23.7 Å². The lowest BCUT2D eigenvalue weighted by Gasteiger charge is -2.49. The maximum Gasteiger partial charge on any atom is 0.326 e. The molecule has 2 amide bonds. The first kappa shape index (κ1) is 26.3. The standard InChI is InChI=1S/C25H36N10O5/c26-22-33-18-15(9-28-21(39)14-8-17(36)32-24(40)31-14)30-23(27)35-10-16(19(37)25(18,35)34-22)29-20(38)13-7-3-5-11-4-1-2-6-12(11)13/h8,11-13,15-16,18-19,37H,1-7,9-10H2,(H2,27,30)(H,28,39)(H,29,38)(H3,26,33,34)(H2,31,32,36,40)/t11?,12?,13?,15-,16?,18-,19+,25-/m0/s1. The number of H-pyrrole nitrogens is 2. The molecular formula is C25H36N10O5. The van der Waals surface area contributed by atoms with Crippen molar-refractivity contribution in [3.8, 4) is 0 Å². The van der Waals surface area contributed by atoms with E-state index in [1.54, 1.807) is 4.90 Å². The van der Waals surface area contributed by atoms with E-state index in [9.17, 15) is 24.3 Å². The van der Waals surface area contributed by atoms with E-state index in [4.69, 9.17) is 10.8 Å². The summed E-state index contributed by atoms with van der Waals surface area (Å²) in [6, 6.07) is -1.02. The molecule has 10 N–H and O–H groups in total. The molecule has 3 aliphatic heterocycles. The highest BCUT2D eigenvalue weighted by Crippen LogP contribution is 2.44. The molecule has 2 aliphatic carbocycles. The number of guanidine groups is 2. The molecule has 6 rings (SSSR count). The number of hydrogen-bond acceptors (Lipinski definition) is 7. The number of aliphatic hydroxyl groups excluding tert-OH is 1. The maximum atomic E-state index is 13.5. The summed E-state index contributed by atoms with van der Waals surface area (Å²) in [5.41, 5.74) is -3.04. The van der Waals surface area contributed by atoms with Crippen molar-refractivity contribution in [1.29, 1.82) is 10.8 Å². The zero-order valence-corrected chi connectivity index (χ0v) is 22.0. The molecule has 40 heavy (non-hydrogen) atoms. The highest BCUT2D eigenvalue weighted by atomic mass is 16.3. The fourth-order valence-corrected chi connectivity index (χ4v) is 7.74. The lowest BCUT2D eigenvalue weighted by molar-refractivity contribution is -0.131. The van der Waals surface area contributed by atoms with Crippen LogP contribution in [0, 0.1) is 28.6 Å². The summed E-state index contributed by atoms with van der Waals surface area (Å²) >= 11 is 0. The topological polar surface area (TPSA) is 231 Å². The monoisotopic (exact) mass is 556 g/mol. The summed E-state index contributed by atoms with van der Waals surface area (Å²) in [6.07, 6.45) is 6.49. The third-order valence-corrected chi connectivity index (χ3v) is 9.48. The molecule has 0 bridgehead atoms. The van der Waals surface area contributed by atoms with E-state index in [2.05, 4.69) is 31.6 Å². The lowest BCUT2D eigenvalue weighted by Crippen LogP contribution is -2.78. The number of amides is 2. The molecule has 1 spiro atoms. The Balaban J connectivity index is 1.18. The molecule has 5 aliphatic rings. The van der Waals surface area contributed by atoms with Crippen molar-refractivity contribution in [3.05, 3.63) is 32.6 Å². The van der Waals surface area contributed by atoms with Gasteiger partial charge in [-0.25, -0.2) is 4.79 Å². The van der Waals surface area contributed by atoms with Crippen LogP contribution in [0.4, 0.5) is 0 Å². The largest absolute Gasteiger partial charge is 0.386 e. The van der Waals surface area contributed by atoms with E-state index in [1.807, 2.05) is 4.98 Å². The Hall–Kier alpha value is -3.88. The van der Waals surface area contributed by atoms with Gasteiger partial charge in [-0.2, -0.15) is 0 Å². The number of carbonyl (C=O) groups excluding carboxylic acids is 2. The molecule has 0 radical (unpaired) electrons. The second kappa shape index (κ2) is 9.94. The SMILES string of the molecule is N=C1N[C@H]2[C@H](CNC(=O)c3cc(=O)[nH]c(=O)[nH]3)NC(=N)N3CC(NC(=O)C4CCCC5CCCCC54)[C@@H](O)[C@]23N1. The average molecular weight is 557 g/mol. The van der Waals surface area contributed by atoms with Crippen LogP contribution in [0.1, 0.15) is 55.4 Å². The number of hydrogen-bond donors (Lipinski definition) is 10. The van der Waals surface area contributed by atoms with Crippen LogP contribution >= 0.6 is 0 Å². The van der Waals surface area contributed by atoms with Crippen LogP contribution in [0.5, 0.6) is 0 Å². The van der Waals surface area contributed by atoms with Gasteiger partial charge in [-0.15, -0.1) is 0 Å². The summed E-state index contributed by atoms with van der Waals surface area (Å²) in [4.78, 5) is 55.2. The molecular weight excluding hydrogens is 520 g/mol. The van der Waals surface area contributed by atoms with E-state index < -0.39 is 47.0 Å². The van der Waals surface area contributed by atoms with Crippen LogP contribution in [0.3, 0.4) is 0 Å². The third kappa shape index (κ3) is 4.32. The molecule has 1 aromatic heterocycles. The van der Waals surface area contributed by atoms with Gasteiger partial charge in [0.25, 0.3) is 11.5 Å². The smallest absolute Gasteiger partial charge is 0.326 e. The van der Waals surface area contributed by atoms with Gasteiger partial charge < -0.3 is 41.6 Å². The number of aromatic amines is 2. The molecule has 3 saturated heterocycles. The number of fused-ring (bicyclic) bond motifs is 1. The highest BCUT2D eigenvalue weighted by Gasteiger charge is 2.66. The predicted molar refractivity (Wildman–Crippen MR) is 143 cm³/mol. The zero-order valence-electron chi connectivity index (χ0n) is 22.0. The Kier molecular flexibility index (Phi) is 6.55. The van der Waals surface area contributed by atoms with Crippen LogP contribution in [0.15, 0.2) is 15.7 Å². The van der Waals surface area contributed by atoms with Gasteiger partial charge in [0.1, 0.15) is 11.8 Å². The molecule has 4 heterocycles. The quantitative estimate of drug-likeness (QED) is 0.187. The maximum absolute atomic E-state index is 13.5. The predicted octanol–water partition coefficient (Wildman–Crippen LogP) is -2.34. The number of nitrogens with one attached hydrogen (secondary N) is 9. The van der Waals surface area contributed by atoms with Gasteiger partial charge >= 0.3 is 5.69 Å². The Morgan fingerprint density at radius 2 is 1.85 bits per heavy atom. The number of aliphatic hydroxyl groups is 1. The van der Waals surface area contributed by atoms with Crippen LogP contribution < -0.4 is 37.8 Å². The first-order valence-corrected chi connectivity index (χ1v) is 14.0. The molecule has 4 unspecified atom stereocenters. The molecule has 8 atom stereocenters. The Morgan fingerprint density at radius 1 is 1.07 bits per heavy atom. The van der Waals surface area contributed by atoms with E-state index in [0.29, 0.717) is 11.8 Å². The average Bonchev–Trinajstić information content (AvgIpc) is 3.42. The van der Waals surface area contributed by atoms with Crippen molar-refractivity contribution in [3.63, 3.8) is 0 Å². The fourth-order valence-electron chi connectivity index (χ4n) is 7.74. The fraction of sp³-hybridized carbons (Fsp3) is 0.680. The van der Waals surface area contributed by atoms with Crippen molar-refractivity contribution < 1.29 is 14.7 Å². The normalized spacial score (nSPS) is 36.3. The van der Waals surface area contributed by atoms with Gasteiger partial charge in [-0.05, 0) is 24.7 Å². The number of carbonyl (C=O) groups is 2. The zero-order chi connectivity index (χ0) is 28.2. The van der Waals surface area contributed by atoms with Gasteiger partial charge in [0.2, 0.25) is 5.91 Å². The summed E-state index contributed by atoms with van der Waals surface area (Å²) in [5.74, 6) is 0.0568. The first-order valence-electron chi connectivity index (χ1n) is 14.0. The van der Waals surface area contributed by atoms with E-state index >= 15 is 0 Å². The van der Waals surface area contributed by atoms with Crippen molar-refractivity contribution in [2.75, 3.05) is 13.1 Å². The second-order valence-electron chi connectivity index (χ2n) is 11.7. The number of aromatic nitrogens is 2. The minimum atomic E-state index is -1.30. The molecule has 216 valence electrons. The van der Waals surface area contributed by atoms with E-state index in [1.165, 1.54) is 19.3 Å². The summed E-state index contributed by atoms with van der Waals surface area (Å²) in [7, 11) is 0. The van der Waals surface area contributed by atoms with Crippen LogP contribution in [0.2, 0.25) is 0 Å². The van der Waals surface area contributed by atoms with Crippen LogP contribution in [-0.2, 0) is 4.79 Å². The summed E-state index contributed by atoms with van der Waals surface area (Å²) < 4.78 is 0. The Morgan fingerprint density at radius 3 is 2.65 bits per heavy atom. The van der Waals surface area contributed by atoms with Crippen molar-refractivity contribution in [1.82, 2.24) is 41.5 Å². The van der Waals surface area contributed by atoms with Gasteiger partial charge in [-0.1, -0.05) is 32.1 Å². The van der Waals surface area contributed by atoms with Gasteiger partial charge in [0.05, 0.1) is 18.1 Å². The highest BCUT2D eigenvalue weighted by molar-refractivity contribution is 5.92. The molecule has 15 nitrogen and oxygen atoms in total. The summed E-state index contributed by atoms with van der Waals surface area (Å²) in [6.45, 7) is 0.123. The minimum Gasteiger partial charge on any atom is -0.386 e. The van der Waals surface area contributed by atoms with Crippen molar-refractivity contribution in [2.45, 2.75) is 74.8 Å². The Bertz CT molecular complexity index is 1310. The first-order chi connectivity index (χ1) is 19.2. The van der Waals surface area contributed by atoms with Gasteiger partial charge in [0.15, 0.2) is 17.6 Å². The van der Waals surface area contributed by atoms with Gasteiger partial charge in [0, 0.05) is 25.1 Å². The minimum absolute atomic E-state index is 0.0233. The second-order valence-corrected chi connectivity index (χ2v) is 11.7. The number of rotatable bonds is 5. The lowest BCUT2D eigenvalue weighted by atomic mass is 9.65. The molecule has 5 fully saturated rings. The van der Waals surface area contributed by atoms with Crippen LogP contribution in [-0.4, -0.2) is 86.7 Å². The summed E-state index contributed by atoms with van der Waals surface area (Å²) in [5, 5.41) is 43.4.